The highest BCUT2D eigenvalue weighted by Crippen LogP contribution is 2.36. The molecule has 44 heavy (non-hydrogen) atoms. The first kappa shape index (κ1) is 31.2. The fourth-order valence-electron chi connectivity index (χ4n) is 5.33. The highest BCUT2D eigenvalue weighted by atomic mass is 32.2. The number of carbonyl (C=O) groups is 2. The van der Waals surface area contributed by atoms with Crippen LogP contribution in [0.4, 0.5) is 13.2 Å². The second kappa shape index (κ2) is 12.0. The molecule has 0 aliphatic carbocycles. The van der Waals surface area contributed by atoms with Crippen LogP contribution in [0.2, 0.25) is 0 Å². The number of carbonyl (C=O) groups excluding carboxylic acids is 1. The van der Waals surface area contributed by atoms with Crippen LogP contribution in [0.3, 0.4) is 0 Å². The third-order valence-electron chi connectivity index (χ3n) is 7.90. The second-order valence-corrected chi connectivity index (χ2v) is 13.0. The zero-order valence-electron chi connectivity index (χ0n) is 23.7. The van der Waals surface area contributed by atoms with E-state index in [1.54, 1.807) is 37.3 Å². The number of carboxylic acid groups (broad SMARTS) is 1. The molecule has 9 nitrogen and oxygen atoms in total. The average Bonchev–Trinajstić information content (AvgIpc) is 3.30. The number of hydrogen-bond donors (Lipinski definition) is 2. The number of hydrogen-bond acceptors (Lipinski definition) is 6. The van der Waals surface area contributed by atoms with E-state index in [0.29, 0.717) is 11.1 Å². The van der Waals surface area contributed by atoms with E-state index in [9.17, 15) is 31.2 Å². The van der Waals surface area contributed by atoms with E-state index >= 15 is 0 Å². The van der Waals surface area contributed by atoms with Crippen molar-refractivity contribution < 1.29 is 41.0 Å². The number of piperidine rings is 1. The number of amidine groups is 1. The van der Waals surface area contributed by atoms with Crippen molar-refractivity contribution in [3.05, 3.63) is 100 Å². The van der Waals surface area contributed by atoms with E-state index in [1.165, 1.54) is 22.5 Å². The Balaban J connectivity index is 1.29. The minimum Gasteiger partial charge on any atom is -0.489 e. The summed E-state index contributed by atoms with van der Waals surface area (Å²) in [6.45, 7) is 1.78. The van der Waals surface area contributed by atoms with Crippen molar-refractivity contribution in [1.29, 1.82) is 0 Å². The number of sulfonamides is 1. The number of rotatable bonds is 9. The Kier molecular flexibility index (Phi) is 8.54. The molecular weight excluding hydrogens is 599 g/mol. The van der Waals surface area contributed by atoms with E-state index < -0.39 is 39.2 Å². The Morgan fingerprint density at radius 1 is 1.07 bits per heavy atom. The standard InChI is InChI=1S/C31H30F3N3O6S/c1-20-15-23(28(38)39)8-7-22(20)9-14-44(41,42)37-12-10-30(11-13-37)29(40)35-27(36-30)24-16-25(31(32,33)34)18-26(17-24)43-19-21-5-3-2-4-6-21/h2-8,15-18H,9-14,19H2,1H3,(H,38,39)(H,35,36,40). The molecule has 232 valence electrons. The Morgan fingerprint density at radius 3 is 2.41 bits per heavy atom. The van der Waals surface area contributed by atoms with E-state index in [4.69, 9.17) is 9.84 Å². The number of aliphatic imine (C=N–C) groups is 1. The number of benzene rings is 3. The molecule has 1 spiro atoms. The van der Waals surface area contributed by atoms with Gasteiger partial charge < -0.3 is 15.2 Å². The summed E-state index contributed by atoms with van der Waals surface area (Å²) in [4.78, 5) is 28.8. The van der Waals surface area contributed by atoms with Gasteiger partial charge in [-0.3, -0.25) is 9.79 Å². The van der Waals surface area contributed by atoms with E-state index in [-0.39, 0.29) is 67.4 Å². The molecule has 0 bridgehead atoms. The molecule has 2 aliphatic rings. The van der Waals surface area contributed by atoms with Gasteiger partial charge in [-0.15, -0.1) is 0 Å². The first-order valence-electron chi connectivity index (χ1n) is 13.9. The molecular formula is C31H30F3N3O6S. The van der Waals surface area contributed by atoms with Gasteiger partial charge in [0.1, 0.15) is 23.7 Å². The third-order valence-corrected chi connectivity index (χ3v) is 9.77. The molecule has 0 atom stereocenters. The van der Waals surface area contributed by atoms with Gasteiger partial charge in [-0.1, -0.05) is 36.4 Å². The monoisotopic (exact) mass is 629 g/mol. The number of ether oxygens (including phenoxy) is 1. The summed E-state index contributed by atoms with van der Waals surface area (Å²) < 4.78 is 74.4. The first-order chi connectivity index (χ1) is 20.8. The SMILES string of the molecule is Cc1cc(C(=O)O)ccc1CCS(=O)(=O)N1CCC2(CC1)N=C(c1cc(OCc3ccccc3)cc(C(F)(F)F)c1)NC2=O. The summed E-state index contributed by atoms with van der Waals surface area (Å²) in [6, 6.07) is 16.7. The van der Waals surface area contributed by atoms with Crippen molar-refractivity contribution >= 4 is 27.7 Å². The van der Waals surface area contributed by atoms with Crippen LogP contribution in [0.25, 0.3) is 0 Å². The second-order valence-electron chi connectivity index (χ2n) is 10.9. The van der Waals surface area contributed by atoms with E-state index in [0.717, 1.165) is 17.7 Å². The number of alkyl halides is 3. The third kappa shape index (κ3) is 6.78. The highest BCUT2D eigenvalue weighted by molar-refractivity contribution is 7.89. The highest BCUT2D eigenvalue weighted by Gasteiger charge is 2.47. The number of carboxylic acids is 1. The summed E-state index contributed by atoms with van der Waals surface area (Å²) in [6.07, 6.45) is -4.37. The zero-order valence-corrected chi connectivity index (χ0v) is 24.5. The van der Waals surface area contributed by atoms with Gasteiger partial charge in [0.05, 0.1) is 16.9 Å². The quantitative estimate of drug-likeness (QED) is 0.357. The van der Waals surface area contributed by atoms with E-state index in [1.807, 2.05) is 6.07 Å². The van der Waals surface area contributed by atoms with Gasteiger partial charge in [0.2, 0.25) is 10.0 Å². The molecule has 5 rings (SSSR count). The summed E-state index contributed by atoms with van der Waals surface area (Å²) in [7, 11) is -3.72. The van der Waals surface area contributed by atoms with Gasteiger partial charge >= 0.3 is 12.1 Å². The lowest BCUT2D eigenvalue weighted by atomic mass is 9.89. The van der Waals surface area contributed by atoms with Crippen LogP contribution in [-0.4, -0.2) is 59.9 Å². The van der Waals surface area contributed by atoms with Crippen molar-refractivity contribution in [2.45, 2.75) is 44.5 Å². The maximum Gasteiger partial charge on any atom is 0.416 e. The van der Waals surface area contributed by atoms with E-state index in [2.05, 4.69) is 10.3 Å². The van der Waals surface area contributed by atoms with Crippen LogP contribution < -0.4 is 10.1 Å². The lowest BCUT2D eigenvalue weighted by Gasteiger charge is -2.34. The molecule has 0 aromatic heterocycles. The molecule has 3 aromatic carbocycles. The molecule has 2 N–H and O–H groups in total. The lowest BCUT2D eigenvalue weighted by Crippen LogP contribution is -2.50. The van der Waals surface area contributed by atoms with Crippen molar-refractivity contribution in [1.82, 2.24) is 9.62 Å². The Hall–Kier alpha value is -4.23. The number of amides is 1. The van der Waals surface area contributed by atoms with Gasteiger partial charge in [0, 0.05) is 18.7 Å². The molecule has 0 saturated carbocycles. The molecule has 1 amide bonds. The van der Waals surface area contributed by atoms with Crippen LogP contribution in [0.1, 0.15) is 51.0 Å². The number of aromatic carboxylic acids is 1. The first-order valence-corrected chi connectivity index (χ1v) is 15.5. The normalized spacial score (nSPS) is 16.9. The molecule has 0 radical (unpaired) electrons. The molecule has 1 saturated heterocycles. The van der Waals surface area contributed by atoms with Gasteiger partial charge in [0.25, 0.3) is 5.91 Å². The topological polar surface area (TPSA) is 125 Å². The Bertz CT molecular complexity index is 1720. The van der Waals surface area contributed by atoms with Crippen molar-refractivity contribution in [3.63, 3.8) is 0 Å². The smallest absolute Gasteiger partial charge is 0.416 e. The van der Waals surface area contributed by atoms with Crippen molar-refractivity contribution in [3.8, 4) is 5.75 Å². The minimum atomic E-state index is -4.67. The Morgan fingerprint density at radius 2 is 1.77 bits per heavy atom. The summed E-state index contributed by atoms with van der Waals surface area (Å²) in [5, 5.41) is 11.8. The van der Waals surface area contributed by atoms with Crippen LogP contribution in [0, 0.1) is 6.92 Å². The fraction of sp³-hybridized carbons (Fsp3) is 0.323. The Labute approximate surface area is 252 Å². The molecule has 2 aliphatic heterocycles. The number of nitrogens with one attached hydrogen (secondary N) is 1. The minimum absolute atomic E-state index is 0.0114. The van der Waals surface area contributed by atoms with Crippen molar-refractivity contribution in [2.24, 2.45) is 4.99 Å². The predicted octanol–water partition coefficient (Wildman–Crippen LogP) is 4.57. The summed E-state index contributed by atoms with van der Waals surface area (Å²) >= 11 is 0. The average molecular weight is 630 g/mol. The molecule has 1 fully saturated rings. The number of aryl methyl sites for hydroxylation is 2. The molecule has 0 unspecified atom stereocenters. The van der Waals surface area contributed by atoms with Gasteiger partial charge in [0.15, 0.2) is 0 Å². The van der Waals surface area contributed by atoms with Gasteiger partial charge in [-0.25, -0.2) is 17.5 Å². The predicted molar refractivity (Wildman–Crippen MR) is 156 cm³/mol. The summed E-state index contributed by atoms with van der Waals surface area (Å²) in [5.74, 6) is -1.83. The summed E-state index contributed by atoms with van der Waals surface area (Å²) in [5.41, 5.74) is 0.0487. The van der Waals surface area contributed by atoms with Crippen molar-refractivity contribution in [2.75, 3.05) is 18.8 Å². The van der Waals surface area contributed by atoms with Gasteiger partial charge in [-0.2, -0.15) is 13.2 Å². The molecule has 2 heterocycles. The van der Waals surface area contributed by atoms with Crippen LogP contribution in [0.5, 0.6) is 5.75 Å². The molecule has 3 aromatic rings. The number of halogens is 3. The van der Waals surface area contributed by atoms with Gasteiger partial charge in [-0.05, 0) is 73.2 Å². The van der Waals surface area contributed by atoms with Crippen LogP contribution in [0.15, 0.2) is 71.7 Å². The maximum atomic E-state index is 13.8. The fourth-order valence-corrected chi connectivity index (χ4v) is 6.80. The maximum absolute atomic E-state index is 13.8. The molecule has 13 heteroatoms. The zero-order chi connectivity index (χ0) is 31.7. The number of nitrogens with zero attached hydrogens (tertiary/aromatic N) is 2. The lowest BCUT2D eigenvalue weighted by molar-refractivity contribution is -0.137. The largest absolute Gasteiger partial charge is 0.489 e. The van der Waals surface area contributed by atoms with Crippen LogP contribution >= 0.6 is 0 Å². The van der Waals surface area contributed by atoms with Crippen LogP contribution in [-0.2, 0) is 34.0 Å².